The number of hydrogen-bond acceptors (Lipinski definition) is 2. The van der Waals surface area contributed by atoms with Gasteiger partial charge in [-0.3, -0.25) is 0 Å². The Balaban J connectivity index is 1.75. The standard InChI is InChI=1S/C15H24N2/c1-17-6-5-10-7-11-8-16-14-4-2-3-12(15(11)14)13(10)9-17/h10-11,14-16H,2-9H2,1H3. The molecule has 2 aliphatic heterocycles. The van der Waals surface area contributed by atoms with Crippen molar-refractivity contribution in [1.82, 2.24) is 10.2 Å². The van der Waals surface area contributed by atoms with Crippen LogP contribution in [0.25, 0.3) is 0 Å². The summed E-state index contributed by atoms with van der Waals surface area (Å²) in [5.74, 6) is 2.86. The van der Waals surface area contributed by atoms with Crippen LogP contribution in [0.2, 0.25) is 0 Å². The summed E-state index contributed by atoms with van der Waals surface area (Å²) in [6, 6.07) is 0.837. The lowest BCUT2D eigenvalue weighted by atomic mass is 9.64. The van der Waals surface area contributed by atoms with Crippen LogP contribution in [0.5, 0.6) is 0 Å². The molecule has 2 heteroatoms. The van der Waals surface area contributed by atoms with E-state index in [-0.39, 0.29) is 0 Å². The van der Waals surface area contributed by atoms with Gasteiger partial charge in [-0.15, -0.1) is 0 Å². The summed E-state index contributed by atoms with van der Waals surface area (Å²) in [4.78, 5) is 2.53. The maximum Gasteiger partial charge on any atom is 0.0195 e. The van der Waals surface area contributed by atoms with Crippen molar-refractivity contribution >= 4 is 0 Å². The van der Waals surface area contributed by atoms with Gasteiger partial charge < -0.3 is 10.2 Å². The van der Waals surface area contributed by atoms with E-state index in [1.165, 1.54) is 51.7 Å². The van der Waals surface area contributed by atoms with Gasteiger partial charge in [-0.2, -0.15) is 0 Å². The molecule has 4 unspecified atom stereocenters. The minimum absolute atomic E-state index is 0.837. The molecule has 4 rings (SSSR count). The second kappa shape index (κ2) is 3.83. The Bertz CT molecular complexity index is 360. The fraction of sp³-hybridized carbons (Fsp3) is 0.867. The van der Waals surface area contributed by atoms with Crippen LogP contribution in [0, 0.1) is 17.8 Å². The van der Waals surface area contributed by atoms with Gasteiger partial charge in [0.05, 0.1) is 0 Å². The van der Waals surface area contributed by atoms with Crippen LogP contribution in [0.15, 0.2) is 11.1 Å². The first-order valence-electron chi connectivity index (χ1n) is 7.46. The number of hydrogen-bond donors (Lipinski definition) is 1. The van der Waals surface area contributed by atoms with E-state index >= 15 is 0 Å². The van der Waals surface area contributed by atoms with E-state index in [1.807, 2.05) is 11.1 Å². The van der Waals surface area contributed by atoms with Gasteiger partial charge in [-0.1, -0.05) is 11.1 Å². The predicted octanol–water partition coefficient (Wildman–Crippen LogP) is 2.03. The van der Waals surface area contributed by atoms with Crippen LogP contribution in [0.3, 0.4) is 0 Å². The Morgan fingerprint density at radius 1 is 1.24 bits per heavy atom. The molecule has 1 saturated carbocycles. The zero-order valence-corrected chi connectivity index (χ0v) is 10.9. The summed E-state index contributed by atoms with van der Waals surface area (Å²) in [6.45, 7) is 3.89. The number of rotatable bonds is 0. The molecule has 0 aromatic heterocycles. The van der Waals surface area contributed by atoms with Crippen LogP contribution in [0.4, 0.5) is 0 Å². The Labute approximate surface area is 104 Å². The highest BCUT2D eigenvalue weighted by molar-refractivity contribution is 5.31. The highest BCUT2D eigenvalue weighted by Gasteiger charge is 2.46. The van der Waals surface area contributed by atoms with Crippen molar-refractivity contribution in [3.8, 4) is 0 Å². The molecule has 2 aliphatic carbocycles. The van der Waals surface area contributed by atoms with Gasteiger partial charge in [-0.05, 0) is 70.0 Å². The smallest absolute Gasteiger partial charge is 0.0195 e. The van der Waals surface area contributed by atoms with Crippen molar-refractivity contribution in [3.05, 3.63) is 11.1 Å². The Morgan fingerprint density at radius 2 is 2.18 bits per heavy atom. The van der Waals surface area contributed by atoms with E-state index in [2.05, 4.69) is 17.3 Å². The number of fused-ring (bicyclic) bond motifs is 1. The number of likely N-dealkylation sites (N-methyl/N-ethyl adjacent to an activating group) is 1. The molecule has 2 heterocycles. The average Bonchev–Trinajstić information content (AvgIpc) is 2.75. The summed E-state index contributed by atoms with van der Waals surface area (Å²) >= 11 is 0. The molecule has 0 radical (unpaired) electrons. The molecule has 3 fully saturated rings. The molecule has 4 atom stereocenters. The van der Waals surface area contributed by atoms with Crippen LogP contribution < -0.4 is 5.32 Å². The summed E-state index contributed by atoms with van der Waals surface area (Å²) in [7, 11) is 2.29. The van der Waals surface area contributed by atoms with E-state index in [9.17, 15) is 0 Å². The summed E-state index contributed by atoms with van der Waals surface area (Å²) < 4.78 is 0. The quantitative estimate of drug-likeness (QED) is 0.643. The Hall–Kier alpha value is -0.340. The van der Waals surface area contributed by atoms with E-state index < -0.39 is 0 Å². The summed E-state index contributed by atoms with van der Waals surface area (Å²) in [5, 5.41) is 3.80. The number of likely N-dealkylation sites (tertiary alicyclic amines) is 1. The lowest BCUT2D eigenvalue weighted by Crippen LogP contribution is -2.41. The van der Waals surface area contributed by atoms with Crippen LogP contribution in [-0.2, 0) is 0 Å². The highest BCUT2D eigenvalue weighted by Crippen LogP contribution is 2.49. The van der Waals surface area contributed by atoms with Crippen molar-refractivity contribution in [1.29, 1.82) is 0 Å². The topological polar surface area (TPSA) is 15.3 Å². The maximum atomic E-state index is 3.80. The van der Waals surface area contributed by atoms with Crippen molar-refractivity contribution in [2.45, 2.75) is 38.1 Å². The van der Waals surface area contributed by atoms with E-state index in [0.717, 1.165) is 23.8 Å². The molecular formula is C15H24N2. The fourth-order valence-corrected chi connectivity index (χ4v) is 5.02. The van der Waals surface area contributed by atoms with Gasteiger partial charge >= 0.3 is 0 Å². The third-order valence-electron chi connectivity index (χ3n) is 5.74. The van der Waals surface area contributed by atoms with Gasteiger partial charge in [0.1, 0.15) is 0 Å². The van der Waals surface area contributed by atoms with Gasteiger partial charge in [0.15, 0.2) is 0 Å². The molecule has 2 nitrogen and oxygen atoms in total. The number of nitrogens with one attached hydrogen (secondary N) is 1. The van der Waals surface area contributed by atoms with Gasteiger partial charge in [0.2, 0.25) is 0 Å². The third kappa shape index (κ3) is 1.53. The van der Waals surface area contributed by atoms with E-state index in [0.29, 0.717) is 0 Å². The monoisotopic (exact) mass is 232 g/mol. The second-order valence-corrected chi connectivity index (χ2v) is 6.70. The van der Waals surface area contributed by atoms with Gasteiger partial charge in [0, 0.05) is 12.6 Å². The van der Waals surface area contributed by atoms with Crippen LogP contribution >= 0.6 is 0 Å². The molecule has 0 amide bonds. The van der Waals surface area contributed by atoms with Crippen LogP contribution in [-0.4, -0.2) is 37.6 Å². The number of piperidine rings is 1. The van der Waals surface area contributed by atoms with Crippen molar-refractivity contribution in [2.24, 2.45) is 17.8 Å². The van der Waals surface area contributed by atoms with Gasteiger partial charge in [0.25, 0.3) is 0 Å². The summed E-state index contributed by atoms with van der Waals surface area (Å²) in [6.07, 6.45) is 7.18. The molecule has 0 aromatic rings. The Morgan fingerprint density at radius 3 is 3.12 bits per heavy atom. The molecule has 1 N–H and O–H groups in total. The molecule has 0 bridgehead atoms. The van der Waals surface area contributed by atoms with E-state index in [4.69, 9.17) is 0 Å². The zero-order chi connectivity index (χ0) is 11.4. The molecular weight excluding hydrogens is 208 g/mol. The Kier molecular flexibility index (Phi) is 2.38. The first kappa shape index (κ1) is 10.6. The first-order valence-corrected chi connectivity index (χ1v) is 7.46. The molecule has 94 valence electrons. The normalized spacial score (nSPS) is 45.7. The largest absolute Gasteiger partial charge is 0.313 e. The molecule has 4 aliphatic rings. The average molecular weight is 232 g/mol. The SMILES string of the molecule is CN1CCC2CC3CNC4CCCC(=C2C1)C34. The fourth-order valence-electron chi connectivity index (χ4n) is 5.02. The predicted molar refractivity (Wildman–Crippen MR) is 69.9 cm³/mol. The maximum absolute atomic E-state index is 3.80. The summed E-state index contributed by atoms with van der Waals surface area (Å²) in [5.41, 5.74) is 3.77. The lowest BCUT2D eigenvalue weighted by molar-refractivity contribution is 0.206. The van der Waals surface area contributed by atoms with E-state index in [1.54, 1.807) is 0 Å². The second-order valence-electron chi connectivity index (χ2n) is 6.70. The van der Waals surface area contributed by atoms with Crippen LogP contribution in [0.1, 0.15) is 32.1 Å². The minimum Gasteiger partial charge on any atom is -0.313 e. The highest BCUT2D eigenvalue weighted by atomic mass is 15.1. The molecule has 2 saturated heterocycles. The lowest BCUT2D eigenvalue weighted by Gasteiger charge is -2.44. The first-order chi connectivity index (χ1) is 8.33. The molecule has 17 heavy (non-hydrogen) atoms. The van der Waals surface area contributed by atoms with Gasteiger partial charge in [-0.25, -0.2) is 0 Å². The van der Waals surface area contributed by atoms with Crippen molar-refractivity contribution in [2.75, 3.05) is 26.7 Å². The number of nitrogens with zero attached hydrogens (tertiary/aromatic N) is 1. The third-order valence-corrected chi connectivity index (χ3v) is 5.74. The molecule has 0 spiro atoms. The minimum atomic E-state index is 0.837. The molecule has 0 aromatic carbocycles. The van der Waals surface area contributed by atoms with Crippen molar-refractivity contribution < 1.29 is 0 Å². The zero-order valence-electron chi connectivity index (χ0n) is 10.9. The van der Waals surface area contributed by atoms with Crippen molar-refractivity contribution in [3.63, 3.8) is 0 Å².